The van der Waals surface area contributed by atoms with Gasteiger partial charge >= 0.3 is 0 Å². The molecule has 0 saturated heterocycles. The highest BCUT2D eigenvalue weighted by Crippen LogP contribution is 1.97. The van der Waals surface area contributed by atoms with Crippen LogP contribution in [0.3, 0.4) is 0 Å². The molecule has 19 heavy (non-hydrogen) atoms. The van der Waals surface area contributed by atoms with Crippen molar-refractivity contribution in [2.45, 2.75) is 13.0 Å². The number of quaternary nitrogens is 1. The van der Waals surface area contributed by atoms with Crippen molar-refractivity contribution in [1.29, 1.82) is 0 Å². The Labute approximate surface area is 119 Å². The first-order chi connectivity index (χ1) is 8.73. The molecule has 0 spiro atoms. The smallest absolute Gasteiger partial charge is 0.0912 e. The molecule has 116 valence electrons. The highest BCUT2D eigenvalue weighted by molar-refractivity contribution is 4.56. The number of aliphatic hydroxyl groups is 1. The van der Waals surface area contributed by atoms with E-state index in [1.54, 1.807) is 0 Å². The largest absolute Gasteiger partial charge is 0.392 e. The third-order valence-corrected chi connectivity index (χ3v) is 3.29. The summed E-state index contributed by atoms with van der Waals surface area (Å²) in [6.45, 7) is 9.05. The lowest BCUT2D eigenvalue weighted by molar-refractivity contribution is -0.888. The van der Waals surface area contributed by atoms with Crippen LogP contribution in [0, 0.1) is 0 Å². The summed E-state index contributed by atoms with van der Waals surface area (Å²) in [7, 11) is 10.8. The van der Waals surface area contributed by atoms with Gasteiger partial charge in [-0.25, -0.2) is 0 Å². The Morgan fingerprint density at radius 3 is 2.21 bits per heavy atom. The van der Waals surface area contributed by atoms with Crippen molar-refractivity contribution < 1.29 is 9.59 Å². The molecule has 0 aliphatic heterocycles. The number of likely N-dealkylation sites (N-methyl/N-ethyl adjacent to an activating group) is 3. The number of rotatable bonds is 11. The number of hydrogen-bond acceptors (Lipinski definition) is 4. The van der Waals surface area contributed by atoms with Gasteiger partial charge in [-0.1, -0.05) is 0 Å². The van der Waals surface area contributed by atoms with E-state index in [2.05, 4.69) is 50.4 Å². The van der Waals surface area contributed by atoms with Crippen LogP contribution in [0.25, 0.3) is 0 Å². The Hall–Kier alpha value is -0.200. The molecular formula is C14H35N4O+. The van der Waals surface area contributed by atoms with Crippen LogP contribution in [0.5, 0.6) is 0 Å². The molecule has 0 fully saturated rings. The summed E-state index contributed by atoms with van der Waals surface area (Å²) in [6, 6.07) is 0. The van der Waals surface area contributed by atoms with Crippen LogP contribution in [-0.2, 0) is 0 Å². The molecule has 1 unspecified atom stereocenters. The number of hydrogen-bond donors (Lipinski definition) is 2. The lowest BCUT2D eigenvalue weighted by Crippen LogP contribution is -2.49. The van der Waals surface area contributed by atoms with Crippen LogP contribution in [0.2, 0.25) is 0 Å². The van der Waals surface area contributed by atoms with E-state index in [0.717, 1.165) is 50.3 Å². The minimum absolute atomic E-state index is 0.242. The molecule has 0 aromatic rings. The standard InChI is InChI=1S/C14H35N4O/c1-14(19)13-17(4)10-12-18(5,6)11-8-15-7-9-16(2)3/h14-15,19H,7-13H2,1-6H3/q+1. The summed E-state index contributed by atoms with van der Waals surface area (Å²) in [6.07, 6.45) is -0.242. The molecule has 0 rings (SSSR count). The molecular weight excluding hydrogens is 240 g/mol. The Morgan fingerprint density at radius 1 is 1.05 bits per heavy atom. The van der Waals surface area contributed by atoms with Gasteiger partial charge in [0.15, 0.2) is 0 Å². The van der Waals surface area contributed by atoms with Crippen molar-refractivity contribution >= 4 is 0 Å². The van der Waals surface area contributed by atoms with Crippen molar-refractivity contribution in [3.63, 3.8) is 0 Å². The second-order valence-electron chi connectivity index (χ2n) is 6.55. The van der Waals surface area contributed by atoms with Crippen LogP contribution in [0.4, 0.5) is 0 Å². The Morgan fingerprint density at radius 2 is 1.68 bits per heavy atom. The Bertz CT molecular complexity index is 219. The number of aliphatic hydroxyl groups excluding tert-OH is 1. The monoisotopic (exact) mass is 275 g/mol. The van der Waals surface area contributed by atoms with E-state index >= 15 is 0 Å². The van der Waals surface area contributed by atoms with Gasteiger partial charge in [-0.2, -0.15) is 0 Å². The quantitative estimate of drug-likeness (QED) is 0.395. The van der Waals surface area contributed by atoms with Crippen molar-refractivity contribution in [3.05, 3.63) is 0 Å². The predicted molar refractivity (Wildman–Crippen MR) is 82.4 cm³/mol. The number of nitrogens with one attached hydrogen (secondary N) is 1. The molecule has 0 amide bonds. The van der Waals surface area contributed by atoms with Gasteiger partial charge in [-0.15, -0.1) is 0 Å². The van der Waals surface area contributed by atoms with Gasteiger partial charge in [-0.3, -0.25) is 4.90 Å². The zero-order valence-corrected chi connectivity index (χ0v) is 13.8. The van der Waals surface area contributed by atoms with E-state index in [1.165, 1.54) is 0 Å². The maximum absolute atomic E-state index is 9.34. The van der Waals surface area contributed by atoms with Crippen LogP contribution in [-0.4, -0.2) is 107 Å². The second kappa shape index (κ2) is 9.66. The van der Waals surface area contributed by atoms with Crippen LogP contribution < -0.4 is 5.32 Å². The first-order valence-corrected chi connectivity index (χ1v) is 7.27. The van der Waals surface area contributed by atoms with Gasteiger partial charge in [0, 0.05) is 32.7 Å². The molecule has 0 saturated carbocycles. The fraction of sp³-hybridized carbons (Fsp3) is 1.00. The second-order valence-corrected chi connectivity index (χ2v) is 6.55. The van der Waals surface area contributed by atoms with Gasteiger partial charge in [-0.05, 0) is 28.1 Å². The van der Waals surface area contributed by atoms with E-state index in [4.69, 9.17) is 0 Å². The molecule has 2 N–H and O–H groups in total. The minimum atomic E-state index is -0.242. The van der Waals surface area contributed by atoms with Crippen molar-refractivity contribution in [1.82, 2.24) is 15.1 Å². The van der Waals surface area contributed by atoms with Crippen LogP contribution in [0.1, 0.15) is 6.92 Å². The van der Waals surface area contributed by atoms with Crippen molar-refractivity contribution in [2.24, 2.45) is 0 Å². The average Bonchev–Trinajstić information content (AvgIpc) is 2.24. The lowest BCUT2D eigenvalue weighted by Gasteiger charge is -2.32. The summed E-state index contributed by atoms with van der Waals surface area (Å²) in [5.41, 5.74) is 0. The van der Waals surface area contributed by atoms with Gasteiger partial charge in [0.2, 0.25) is 0 Å². The predicted octanol–water partition coefficient (Wildman–Crippen LogP) is -0.473. The highest BCUT2D eigenvalue weighted by Gasteiger charge is 2.15. The molecule has 0 aliphatic rings. The maximum Gasteiger partial charge on any atom is 0.0912 e. The number of nitrogens with zero attached hydrogens (tertiary/aromatic N) is 3. The van der Waals surface area contributed by atoms with Crippen molar-refractivity contribution in [3.8, 4) is 0 Å². The third-order valence-electron chi connectivity index (χ3n) is 3.29. The summed E-state index contributed by atoms with van der Waals surface area (Å²) in [5, 5.41) is 12.8. The summed E-state index contributed by atoms with van der Waals surface area (Å²) < 4.78 is 1.01. The molecule has 0 aromatic heterocycles. The van der Waals surface area contributed by atoms with Gasteiger partial charge < -0.3 is 19.8 Å². The van der Waals surface area contributed by atoms with E-state index in [0.29, 0.717) is 0 Å². The van der Waals surface area contributed by atoms with Crippen molar-refractivity contribution in [2.75, 3.05) is 81.1 Å². The first-order valence-electron chi connectivity index (χ1n) is 7.27. The highest BCUT2D eigenvalue weighted by atomic mass is 16.3. The van der Waals surface area contributed by atoms with E-state index in [-0.39, 0.29) is 6.10 Å². The van der Waals surface area contributed by atoms with E-state index < -0.39 is 0 Å². The van der Waals surface area contributed by atoms with Crippen LogP contribution >= 0.6 is 0 Å². The van der Waals surface area contributed by atoms with Crippen LogP contribution in [0.15, 0.2) is 0 Å². The summed E-state index contributed by atoms with van der Waals surface area (Å²) in [5.74, 6) is 0. The summed E-state index contributed by atoms with van der Waals surface area (Å²) in [4.78, 5) is 4.39. The topological polar surface area (TPSA) is 38.7 Å². The molecule has 0 bridgehead atoms. The molecule has 0 aromatic carbocycles. The van der Waals surface area contributed by atoms with Gasteiger partial charge in [0.25, 0.3) is 0 Å². The normalized spacial score (nSPS) is 14.4. The van der Waals surface area contributed by atoms with E-state index in [1.807, 2.05) is 6.92 Å². The van der Waals surface area contributed by atoms with Gasteiger partial charge in [0.1, 0.15) is 0 Å². The first kappa shape index (κ1) is 18.8. The van der Waals surface area contributed by atoms with Gasteiger partial charge in [0.05, 0.1) is 33.3 Å². The fourth-order valence-electron chi connectivity index (χ4n) is 1.90. The zero-order valence-electron chi connectivity index (χ0n) is 13.8. The minimum Gasteiger partial charge on any atom is -0.392 e. The Kier molecular flexibility index (Phi) is 9.56. The zero-order chi connectivity index (χ0) is 14.9. The van der Waals surface area contributed by atoms with E-state index in [9.17, 15) is 5.11 Å². The SMILES string of the molecule is CC(O)CN(C)CC[N+](C)(C)CCNCCN(C)C. The lowest BCUT2D eigenvalue weighted by atomic mass is 10.3. The summed E-state index contributed by atoms with van der Waals surface area (Å²) >= 11 is 0. The fourth-order valence-corrected chi connectivity index (χ4v) is 1.90. The molecule has 5 heteroatoms. The molecule has 0 heterocycles. The Balaban J connectivity index is 3.67. The molecule has 5 nitrogen and oxygen atoms in total. The third kappa shape index (κ3) is 12.6. The molecule has 0 radical (unpaired) electrons. The molecule has 1 atom stereocenters. The molecule has 0 aliphatic carbocycles. The average molecular weight is 275 g/mol. The maximum atomic E-state index is 9.34.